The lowest BCUT2D eigenvalue weighted by Gasteiger charge is -2.07. The van der Waals surface area contributed by atoms with Gasteiger partial charge in [-0.25, -0.2) is 9.67 Å². The van der Waals surface area contributed by atoms with Crippen LogP contribution in [-0.4, -0.2) is 54.0 Å². The van der Waals surface area contributed by atoms with Crippen LogP contribution in [0.25, 0.3) is 5.82 Å². The number of methoxy groups -OCH3 is 1. The van der Waals surface area contributed by atoms with E-state index in [1.807, 2.05) is 0 Å². The Labute approximate surface area is 123 Å². The highest BCUT2D eigenvalue weighted by molar-refractivity contribution is 5.92. The van der Waals surface area contributed by atoms with E-state index in [0.29, 0.717) is 31.2 Å². The average Bonchev–Trinajstić information content (AvgIpc) is 3.05. The molecule has 7 nitrogen and oxygen atoms in total. The molecule has 2 N–H and O–H groups in total. The molecule has 0 fully saturated rings. The molecule has 0 saturated heterocycles. The van der Waals surface area contributed by atoms with E-state index >= 15 is 0 Å². The summed E-state index contributed by atoms with van der Waals surface area (Å²) in [5.41, 5.74) is 0.375. The molecule has 2 rings (SSSR count). The molecule has 112 valence electrons. The number of hydrogen-bond donors (Lipinski definition) is 2. The molecule has 0 aromatic carbocycles. The third-order valence-corrected chi connectivity index (χ3v) is 2.78. The van der Waals surface area contributed by atoms with Gasteiger partial charge in [0.1, 0.15) is 5.69 Å². The second kappa shape index (κ2) is 8.13. The molecule has 2 aromatic rings. The second-order valence-corrected chi connectivity index (χ2v) is 4.33. The van der Waals surface area contributed by atoms with Crippen LogP contribution < -0.4 is 10.6 Å². The first-order chi connectivity index (χ1) is 10.3. The van der Waals surface area contributed by atoms with Gasteiger partial charge in [-0.05, 0) is 18.2 Å². The summed E-state index contributed by atoms with van der Waals surface area (Å²) in [5.74, 6) is 0.420. The number of nitrogens with zero attached hydrogens (tertiary/aromatic N) is 3. The first kappa shape index (κ1) is 15.1. The zero-order chi connectivity index (χ0) is 14.9. The predicted octanol–water partition coefficient (Wildman–Crippen LogP) is 0.233. The van der Waals surface area contributed by atoms with Crippen LogP contribution in [0, 0.1) is 0 Å². The zero-order valence-electron chi connectivity index (χ0n) is 12.0. The SMILES string of the molecule is COCCNCCNC(=O)c1cccc(-n2cccn2)n1. The Bertz CT molecular complexity index is 556. The van der Waals surface area contributed by atoms with Crippen molar-refractivity contribution in [3.05, 3.63) is 42.4 Å². The lowest BCUT2D eigenvalue weighted by molar-refractivity contribution is 0.0948. The number of carbonyl (C=O) groups excluding carboxylic acids is 1. The fourth-order valence-corrected chi connectivity index (χ4v) is 1.74. The minimum Gasteiger partial charge on any atom is -0.383 e. The maximum absolute atomic E-state index is 12.0. The van der Waals surface area contributed by atoms with E-state index in [0.717, 1.165) is 6.54 Å². The molecule has 0 bridgehead atoms. The minimum absolute atomic E-state index is 0.197. The van der Waals surface area contributed by atoms with Crippen molar-refractivity contribution in [2.24, 2.45) is 0 Å². The van der Waals surface area contributed by atoms with Gasteiger partial charge in [-0.2, -0.15) is 5.10 Å². The standard InChI is InChI=1S/C14H19N5O2/c1-21-11-9-15-7-8-16-14(20)12-4-2-5-13(18-12)19-10-3-6-17-19/h2-6,10,15H,7-9,11H2,1H3,(H,16,20). The van der Waals surface area contributed by atoms with E-state index in [2.05, 4.69) is 20.7 Å². The summed E-state index contributed by atoms with van der Waals surface area (Å²) in [6.07, 6.45) is 3.45. The normalized spacial score (nSPS) is 10.5. The molecule has 2 heterocycles. The van der Waals surface area contributed by atoms with E-state index < -0.39 is 0 Å². The van der Waals surface area contributed by atoms with Gasteiger partial charge in [-0.1, -0.05) is 6.07 Å². The van der Waals surface area contributed by atoms with E-state index in [1.54, 1.807) is 48.5 Å². The largest absolute Gasteiger partial charge is 0.383 e. The average molecular weight is 289 g/mol. The van der Waals surface area contributed by atoms with Crippen LogP contribution in [0.4, 0.5) is 0 Å². The van der Waals surface area contributed by atoms with Gasteiger partial charge >= 0.3 is 0 Å². The predicted molar refractivity (Wildman–Crippen MR) is 78.4 cm³/mol. The van der Waals surface area contributed by atoms with Gasteiger partial charge in [0, 0.05) is 39.1 Å². The Morgan fingerprint density at radius 1 is 1.29 bits per heavy atom. The second-order valence-electron chi connectivity index (χ2n) is 4.33. The molecule has 0 spiro atoms. The van der Waals surface area contributed by atoms with Crippen LogP contribution >= 0.6 is 0 Å². The van der Waals surface area contributed by atoms with Crippen molar-refractivity contribution in [1.29, 1.82) is 0 Å². The Hall–Kier alpha value is -2.25. The number of amides is 1. The highest BCUT2D eigenvalue weighted by Gasteiger charge is 2.08. The molecular formula is C14H19N5O2. The number of nitrogens with one attached hydrogen (secondary N) is 2. The summed E-state index contributed by atoms with van der Waals surface area (Å²) in [6.45, 7) is 2.64. The Balaban J connectivity index is 1.84. The number of aromatic nitrogens is 3. The van der Waals surface area contributed by atoms with Crippen LogP contribution in [0.2, 0.25) is 0 Å². The quantitative estimate of drug-likeness (QED) is 0.680. The third-order valence-electron chi connectivity index (χ3n) is 2.78. The molecule has 0 radical (unpaired) electrons. The Morgan fingerprint density at radius 2 is 2.19 bits per heavy atom. The topological polar surface area (TPSA) is 81.1 Å². The van der Waals surface area contributed by atoms with Crippen LogP contribution in [0.5, 0.6) is 0 Å². The van der Waals surface area contributed by atoms with Crippen molar-refractivity contribution < 1.29 is 9.53 Å². The summed E-state index contributed by atoms with van der Waals surface area (Å²) in [7, 11) is 1.65. The van der Waals surface area contributed by atoms with Crippen molar-refractivity contribution >= 4 is 5.91 Å². The molecule has 1 amide bonds. The number of rotatable bonds is 8. The molecule has 0 aliphatic carbocycles. The van der Waals surface area contributed by atoms with E-state index in [4.69, 9.17) is 4.74 Å². The number of carbonyl (C=O) groups is 1. The highest BCUT2D eigenvalue weighted by atomic mass is 16.5. The number of pyridine rings is 1. The maximum Gasteiger partial charge on any atom is 0.270 e. The van der Waals surface area contributed by atoms with Gasteiger partial charge in [0.05, 0.1) is 6.61 Å². The summed E-state index contributed by atoms with van der Waals surface area (Å²) in [4.78, 5) is 16.3. The van der Waals surface area contributed by atoms with Crippen LogP contribution in [0.15, 0.2) is 36.7 Å². The Kier molecular flexibility index (Phi) is 5.86. The molecular weight excluding hydrogens is 270 g/mol. The minimum atomic E-state index is -0.197. The Morgan fingerprint density at radius 3 is 2.95 bits per heavy atom. The maximum atomic E-state index is 12.0. The summed E-state index contributed by atoms with van der Waals surface area (Å²) in [5, 5.41) is 10.1. The van der Waals surface area contributed by atoms with Gasteiger partial charge in [0.2, 0.25) is 0 Å². The number of hydrogen-bond acceptors (Lipinski definition) is 5. The summed E-state index contributed by atoms with van der Waals surface area (Å²) >= 11 is 0. The fourth-order valence-electron chi connectivity index (χ4n) is 1.74. The first-order valence-corrected chi connectivity index (χ1v) is 6.76. The lowest BCUT2D eigenvalue weighted by atomic mass is 10.3. The van der Waals surface area contributed by atoms with Crippen molar-refractivity contribution in [3.63, 3.8) is 0 Å². The van der Waals surface area contributed by atoms with E-state index in [1.165, 1.54) is 0 Å². The molecule has 0 unspecified atom stereocenters. The summed E-state index contributed by atoms with van der Waals surface area (Å²) in [6, 6.07) is 7.08. The number of ether oxygens (including phenoxy) is 1. The molecule has 0 aliphatic heterocycles. The molecule has 2 aromatic heterocycles. The van der Waals surface area contributed by atoms with Crippen molar-refractivity contribution in [2.45, 2.75) is 0 Å². The molecule has 0 saturated carbocycles. The van der Waals surface area contributed by atoms with Crippen molar-refractivity contribution in [3.8, 4) is 5.82 Å². The van der Waals surface area contributed by atoms with Gasteiger partial charge in [0.15, 0.2) is 5.82 Å². The zero-order valence-corrected chi connectivity index (χ0v) is 12.0. The van der Waals surface area contributed by atoms with Crippen molar-refractivity contribution in [1.82, 2.24) is 25.4 Å². The summed E-state index contributed by atoms with van der Waals surface area (Å²) < 4.78 is 6.53. The van der Waals surface area contributed by atoms with Gasteiger partial charge in [0.25, 0.3) is 5.91 Å². The molecule has 7 heteroatoms. The van der Waals surface area contributed by atoms with E-state index in [-0.39, 0.29) is 5.91 Å². The molecule has 0 atom stereocenters. The van der Waals surface area contributed by atoms with Gasteiger partial charge in [-0.3, -0.25) is 4.79 Å². The fraction of sp³-hybridized carbons (Fsp3) is 0.357. The van der Waals surface area contributed by atoms with Crippen LogP contribution in [0.3, 0.4) is 0 Å². The monoisotopic (exact) mass is 289 g/mol. The van der Waals surface area contributed by atoms with Crippen LogP contribution in [0.1, 0.15) is 10.5 Å². The van der Waals surface area contributed by atoms with Gasteiger partial charge < -0.3 is 15.4 Å². The molecule has 0 aliphatic rings. The third kappa shape index (κ3) is 4.66. The van der Waals surface area contributed by atoms with Crippen molar-refractivity contribution in [2.75, 3.05) is 33.4 Å². The molecule has 21 heavy (non-hydrogen) atoms. The first-order valence-electron chi connectivity index (χ1n) is 6.76. The highest BCUT2D eigenvalue weighted by Crippen LogP contribution is 2.04. The van der Waals surface area contributed by atoms with Crippen LogP contribution in [-0.2, 0) is 4.74 Å². The van der Waals surface area contributed by atoms with Gasteiger partial charge in [-0.15, -0.1) is 0 Å². The smallest absolute Gasteiger partial charge is 0.270 e. The van der Waals surface area contributed by atoms with E-state index in [9.17, 15) is 4.79 Å². The lowest BCUT2D eigenvalue weighted by Crippen LogP contribution is -2.33.